The second-order valence-electron chi connectivity index (χ2n) is 9.09. The molecule has 0 aliphatic carbocycles. The second-order valence-corrected chi connectivity index (χ2v) is 9.09. The van der Waals surface area contributed by atoms with Crippen LogP contribution in [-0.4, -0.2) is 45.2 Å². The number of nitrogens with zero attached hydrogens (tertiary/aromatic N) is 3. The summed E-state index contributed by atoms with van der Waals surface area (Å²) in [5.41, 5.74) is 2.62. The standard InChI is InChI=1S/C23H37N5O2/c1-8-16(2)22(29)25-20-11-9-19(10-12-20)21-15-28(27-26-21)14-18(4)30-17(3)13-24-23(5,6)7/h9-12,15-18,24H,8,13-14H2,1-7H3,(H,25,29). The molecule has 0 spiro atoms. The summed E-state index contributed by atoms with van der Waals surface area (Å²) in [5.74, 6) is 0.0397. The highest BCUT2D eigenvalue weighted by molar-refractivity contribution is 5.92. The van der Waals surface area contributed by atoms with Crippen LogP contribution in [0.5, 0.6) is 0 Å². The van der Waals surface area contributed by atoms with Crippen LogP contribution in [0.3, 0.4) is 0 Å². The number of carbonyl (C=O) groups is 1. The van der Waals surface area contributed by atoms with Gasteiger partial charge in [-0.2, -0.15) is 0 Å². The van der Waals surface area contributed by atoms with Crippen molar-refractivity contribution >= 4 is 11.6 Å². The van der Waals surface area contributed by atoms with Gasteiger partial charge in [-0.25, -0.2) is 4.68 Å². The molecule has 1 aromatic carbocycles. The average Bonchev–Trinajstić information content (AvgIpc) is 3.14. The number of benzene rings is 1. The van der Waals surface area contributed by atoms with E-state index >= 15 is 0 Å². The quantitative estimate of drug-likeness (QED) is 0.610. The molecule has 7 nitrogen and oxygen atoms in total. The van der Waals surface area contributed by atoms with Gasteiger partial charge in [-0.05, 0) is 53.2 Å². The van der Waals surface area contributed by atoms with Gasteiger partial charge in [0.25, 0.3) is 0 Å². The Balaban J connectivity index is 1.89. The lowest BCUT2D eigenvalue weighted by Gasteiger charge is -2.25. The Morgan fingerprint density at radius 3 is 2.40 bits per heavy atom. The fourth-order valence-corrected chi connectivity index (χ4v) is 2.90. The van der Waals surface area contributed by atoms with Crippen LogP contribution >= 0.6 is 0 Å². The molecule has 2 N–H and O–H groups in total. The molecule has 3 atom stereocenters. The summed E-state index contributed by atoms with van der Waals surface area (Å²) < 4.78 is 7.86. The number of anilines is 1. The average molecular weight is 416 g/mol. The van der Waals surface area contributed by atoms with Crippen LogP contribution in [0.15, 0.2) is 30.5 Å². The lowest BCUT2D eigenvalue weighted by Crippen LogP contribution is -2.41. The number of amides is 1. The van der Waals surface area contributed by atoms with Crippen molar-refractivity contribution < 1.29 is 9.53 Å². The predicted molar refractivity (Wildman–Crippen MR) is 121 cm³/mol. The molecule has 2 aromatic rings. The van der Waals surface area contributed by atoms with Gasteiger partial charge in [0.1, 0.15) is 5.69 Å². The minimum atomic E-state index is 0.000690. The number of hydrogen-bond donors (Lipinski definition) is 2. The van der Waals surface area contributed by atoms with Gasteiger partial charge >= 0.3 is 0 Å². The molecule has 0 saturated heterocycles. The smallest absolute Gasteiger partial charge is 0.227 e. The van der Waals surface area contributed by atoms with Crippen molar-refractivity contribution in [3.63, 3.8) is 0 Å². The zero-order valence-electron chi connectivity index (χ0n) is 19.4. The fraction of sp³-hybridized carbons (Fsp3) is 0.609. The van der Waals surface area contributed by atoms with Crippen molar-refractivity contribution in [3.05, 3.63) is 30.5 Å². The van der Waals surface area contributed by atoms with Gasteiger partial charge in [0, 0.05) is 29.3 Å². The number of aromatic nitrogens is 3. The highest BCUT2D eigenvalue weighted by Crippen LogP contribution is 2.20. The first kappa shape index (κ1) is 24.0. The van der Waals surface area contributed by atoms with Gasteiger partial charge in [0.05, 0.1) is 24.9 Å². The third-order valence-corrected chi connectivity index (χ3v) is 4.88. The molecule has 0 saturated carbocycles. The zero-order chi connectivity index (χ0) is 22.3. The SMILES string of the molecule is CCC(C)C(=O)Nc1ccc(-c2cn(CC(C)OC(C)CNC(C)(C)C)nn2)cc1. The van der Waals surface area contributed by atoms with E-state index in [1.54, 1.807) is 0 Å². The third-order valence-electron chi connectivity index (χ3n) is 4.88. The van der Waals surface area contributed by atoms with E-state index in [1.807, 2.05) is 55.9 Å². The number of hydrogen-bond acceptors (Lipinski definition) is 5. The fourth-order valence-electron chi connectivity index (χ4n) is 2.90. The summed E-state index contributed by atoms with van der Waals surface area (Å²) in [5, 5.41) is 14.9. The van der Waals surface area contributed by atoms with Crippen LogP contribution in [0.4, 0.5) is 5.69 Å². The van der Waals surface area contributed by atoms with Crippen molar-refractivity contribution in [2.75, 3.05) is 11.9 Å². The van der Waals surface area contributed by atoms with Gasteiger partial charge in [0.2, 0.25) is 5.91 Å². The lowest BCUT2D eigenvalue weighted by molar-refractivity contribution is -0.119. The minimum absolute atomic E-state index is 0.000690. The Bertz CT molecular complexity index is 795. The maximum absolute atomic E-state index is 12.0. The van der Waals surface area contributed by atoms with Crippen LogP contribution < -0.4 is 10.6 Å². The summed E-state index contributed by atoms with van der Waals surface area (Å²) >= 11 is 0. The summed E-state index contributed by atoms with van der Waals surface area (Å²) in [7, 11) is 0. The van der Waals surface area contributed by atoms with Crippen LogP contribution in [0.1, 0.15) is 54.9 Å². The van der Waals surface area contributed by atoms with Gasteiger partial charge in [-0.3, -0.25) is 4.79 Å². The molecule has 166 valence electrons. The van der Waals surface area contributed by atoms with E-state index in [4.69, 9.17) is 4.74 Å². The van der Waals surface area contributed by atoms with E-state index in [0.29, 0.717) is 6.54 Å². The lowest BCUT2D eigenvalue weighted by atomic mass is 10.1. The Hall–Kier alpha value is -2.25. The van der Waals surface area contributed by atoms with Crippen molar-refractivity contribution in [1.82, 2.24) is 20.3 Å². The Morgan fingerprint density at radius 1 is 1.13 bits per heavy atom. The largest absolute Gasteiger partial charge is 0.372 e. The monoisotopic (exact) mass is 415 g/mol. The predicted octanol–water partition coefficient (Wildman–Crippen LogP) is 4.11. The van der Waals surface area contributed by atoms with Crippen LogP contribution in [0.2, 0.25) is 0 Å². The Labute approximate surface area is 180 Å². The number of carbonyl (C=O) groups excluding carboxylic acids is 1. The van der Waals surface area contributed by atoms with E-state index in [2.05, 4.69) is 48.6 Å². The number of rotatable bonds is 10. The molecule has 1 amide bonds. The van der Waals surface area contributed by atoms with Crippen LogP contribution in [-0.2, 0) is 16.1 Å². The molecule has 0 bridgehead atoms. The van der Waals surface area contributed by atoms with Crippen LogP contribution in [0.25, 0.3) is 11.3 Å². The highest BCUT2D eigenvalue weighted by Gasteiger charge is 2.15. The first-order valence-electron chi connectivity index (χ1n) is 10.8. The first-order chi connectivity index (χ1) is 14.1. The van der Waals surface area contributed by atoms with Crippen molar-refractivity contribution in [2.24, 2.45) is 5.92 Å². The molecule has 0 aliphatic rings. The molecule has 0 aliphatic heterocycles. The topological polar surface area (TPSA) is 81.1 Å². The molecule has 2 rings (SSSR count). The van der Waals surface area contributed by atoms with Gasteiger partial charge in [-0.1, -0.05) is 31.2 Å². The molecule has 0 radical (unpaired) electrons. The van der Waals surface area contributed by atoms with Crippen molar-refractivity contribution in [2.45, 2.75) is 79.2 Å². The summed E-state index contributed by atoms with van der Waals surface area (Å²) in [6.45, 7) is 15.9. The van der Waals surface area contributed by atoms with Gasteiger partial charge in [0.15, 0.2) is 0 Å². The maximum Gasteiger partial charge on any atom is 0.227 e. The zero-order valence-corrected chi connectivity index (χ0v) is 19.4. The molecule has 1 aromatic heterocycles. The molecule has 1 heterocycles. The van der Waals surface area contributed by atoms with E-state index < -0.39 is 0 Å². The van der Waals surface area contributed by atoms with Crippen LogP contribution in [0, 0.1) is 5.92 Å². The summed E-state index contributed by atoms with van der Waals surface area (Å²) in [6.07, 6.45) is 2.88. The molecular formula is C23H37N5O2. The van der Waals surface area contributed by atoms with E-state index in [9.17, 15) is 4.79 Å². The van der Waals surface area contributed by atoms with Gasteiger partial charge in [-0.15, -0.1) is 5.10 Å². The van der Waals surface area contributed by atoms with E-state index in [0.717, 1.165) is 29.9 Å². The summed E-state index contributed by atoms with van der Waals surface area (Å²) in [4.78, 5) is 12.0. The molecule has 7 heteroatoms. The van der Waals surface area contributed by atoms with E-state index in [1.165, 1.54) is 0 Å². The Morgan fingerprint density at radius 2 is 1.80 bits per heavy atom. The van der Waals surface area contributed by atoms with Crippen molar-refractivity contribution in [1.29, 1.82) is 0 Å². The molecule has 0 fully saturated rings. The Kier molecular flexibility index (Phi) is 8.55. The normalized spacial score (nSPS) is 14.9. The summed E-state index contributed by atoms with van der Waals surface area (Å²) in [6, 6.07) is 7.68. The molecule has 30 heavy (non-hydrogen) atoms. The number of ether oxygens (including phenoxy) is 1. The second kappa shape index (κ2) is 10.7. The first-order valence-corrected chi connectivity index (χ1v) is 10.8. The maximum atomic E-state index is 12.0. The van der Waals surface area contributed by atoms with Gasteiger partial charge < -0.3 is 15.4 Å². The molecular weight excluding hydrogens is 378 g/mol. The van der Waals surface area contributed by atoms with Crippen molar-refractivity contribution in [3.8, 4) is 11.3 Å². The number of nitrogens with one attached hydrogen (secondary N) is 2. The highest BCUT2D eigenvalue weighted by atomic mass is 16.5. The minimum Gasteiger partial charge on any atom is -0.372 e. The molecule has 3 unspecified atom stereocenters. The third kappa shape index (κ3) is 7.88. The van der Waals surface area contributed by atoms with E-state index in [-0.39, 0.29) is 29.6 Å².